The van der Waals surface area contributed by atoms with Crippen molar-refractivity contribution in [1.82, 2.24) is 0 Å². The molecule has 1 fully saturated rings. The molecule has 1 aromatic carbocycles. The Morgan fingerprint density at radius 2 is 2.00 bits per heavy atom. The van der Waals surface area contributed by atoms with Crippen LogP contribution >= 0.6 is 15.9 Å². The Bertz CT molecular complexity index is 401. The minimum absolute atomic E-state index is 0.0450. The Labute approximate surface area is 108 Å². The molecule has 0 amide bonds. The van der Waals surface area contributed by atoms with E-state index in [1.54, 1.807) is 6.07 Å². The quantitative estimate of drug-likeness (QED) is 0.910. The van der Waals surface area contributed by atoms with Gasteiger partial charge in [0.25, 0.3) is 0 Å². The van der Waals surface area contributed by atoms with E-state index in [1.165, 1.54) is 6.07 Å². The van der Waals surface area contributed by atoms with Crippen molar-refractivity contribution in [1.29, 1.82) is 0 Å². The molecular weight excluding hydrogens is 289 g/mol. The molecule has 1 heterocycles. The highest BCUT2D eigenvalue weighted by Gasteiger charge is 2.28. The zero-order valence-corrected chi connectivity index (χ0v) is 11.4. The van der Waals surface area contributed by atoms with Crippen LogP contribution in [0.3, 0.4) is 0 Å². The van der Waals surface area contributed by atoms with Gasteiger partial charge in [0.15, 0.2) is 5.79 Å². The molecule has 0 radical (unpaired) electrons. The van der Waals surface area contributed by atoms with Crippen molar-refractivity contribution < 1.29 is 13.9 Å². The van der Waals surface area contributed by atoms with Crippen LogP contribution in [0.5, 0.6) is 0 Å². The fourth-order valence-corrected chi connectivity index (χ4v) is 1.84. The lowest BCUT2D eigenvalue weighted by molar-refractivity contribution is -0.247. The third-order valence-corrected chi connectivity index (χ3v) is 3.20. The first-order chi connectivity index (χ1) is 7.96. The number of ether oxygens (including phenoxy) is 2. The monoisotopic (exact) mass is 303 g/mol. The van der Waals surface area contributed by atoms with Crippen LogP contribution in [0.25, 0.3) is 0 Å². The smallest absolute Gasteiger partial charge is 0.162 e. The van der Waals surface area contributed by atoms with Gasteiger partial charge in [-0.05, 0) is 48.0 Å². The second-order valence-corrected chi connectivity index (χ2v) is 5.35. The number of hydrogen-bond donors (Lipinski definition) is 1. The summed E-state index contributed by atoms with van der Waals surface area (Å²) in [5.74, 6) is -0.809. The summed E-state index contributed by atoms with van der Waals surface area (Å²) in [6.45, 7) is 4.85. The van der Waals surface area contributed by atoms with Gasteiger partial charge in [0, 0.05) is 5.69 Å². The molecule has 3 nitrogen and oxygen atoms in total. The Morgan fingerprint density at radius 3 is 2.59 bits per heavy atom. The van der Waals surface area contributed by atoms with Crippen LogP contribution in [-0.2, 0) is 9.47 Å². The minimum Gasteiger partial charge on any atom is -0.378 e. The van der Waals surface area contributed by atoms with Gasteiger partial charge in [0.1, 0.15) is 5.82 Å². The minimum atomic E-state index is -0.525. The predicted octanol–water partition coefficient (Wildman–Crippen LogP) is 3.15. The third kappa shape index (κ3) is 3.40. The molecule has 0 atom stereocenters. The highest BCUT2D eigenvalue weighted by molar-refractivity contribution is 9.10. The second-order valence-electron chi connectivity index (χ2n) is 4.49. The van der Waals surface area contributed by atoms with E-state index in [2.05, 4.69) is 21.2 Å². The SMILES string of the molecule is CC1(C)OCC(Nc2ccc(Br)c(F)c2)CO1. The molecule has 1 N–H and O–H groups in total. The maximum atomic E-state index is 13.3. The number of benzene rings is 1. The van der Waals surface area contributed by atoms with Crippen molar-refractivity contribution in [3.63, 3.8) is 0 Å². The van der Waals surface area contributed by atoms with E-state index in [0.717, 1.165) is 5.69 Å². The van der Waals surface area contributed by atoms with E-state index >= 15 is 0 Å². The van der Waals surface area contributed by atoms with Crippen LogP contribution in [0.1, 0.15) is 13.8 Å². The highest BCUT2D eigenvalue weighted by atomic mass is 79.9. The highest BCUT2D eigenvalue weighted by Crippen LogP contribution is 2.22. The van der Waals surface area contributed by atoms with Gasteiger partial charge in [-0.15, -0.1) is 0 Å². The zero-order chi connectivity index (χ0) is 12.5. The van der Waals surface area contributed by atoms with Crippen LogP contribution in [0.4, 0.5) is 10.1 Å². The molecule has 0 aromatic heterocycles. The van der Waals surface area contributed by atoms with Gasteiger partial charge in [0.05, 0.1) is 23.7 Å². The van der Waals surface area contributed by atoms with Crippen LogP contribution in [0, 0.1) is 5.82 Å². The molecule has 1 aliphatic rings. The maximum absolute atomic E-state index is 13.3. The Kier molecular flexibility index (Phi) is 3.70. The van der Waals surface area contributed by atoms with E-state index in [-0.39, 0.29) is 11.9 Å². The fraction of sp³-hybridized carbons (Fsp3) is 0.500. The molecule has 1 aliphatic heterocycles. The van der Waals surface area contributed by atoms with Crippen LogP contribution in [0.15, 0.2) is 22.7 Å². The normalized spacial score (nSPS) is 20.2. The molecule has 94 valence electrons. The Balaban J connectivity index is 1.95. The molecular formula is C12H15BrFNO2. The average Bonchev–Trinajstić information content (AvgIpc) is 2.27. The lowest BCUT2D eigenvalue weighted by Crippen LogP contribution is -2.45. The topological polar surface area (TPSA) is 30.5 Å². The van der Waals surface area contributed by atoms with E-state index in [1.807, 2.05) is 19.9 Å². The molecule has 0 aliphatic carbocycles. The van der Waals surface area contributed by atoms with Gasteiger partial charge in [-0.3, -0.25) is 0 Å². The molecule has 1 aromatic rings. The van der Waals surface area contributed by atoms with E-state index in [0.29, 0.717) is 17.7 Å². The van der Waals surface area contributed by atoms with E-state index in [4.69, 9.17) is 9.47 Å². The standard InChI is InChI=1S/C12H15BrFNO2/c1-12(2)16-6-9(7-17-12)15-8-3-4-10(13)11(14)5-8/h3-5,9,15H,6-7H2,1-2H3. The fourth-order valence-electron chi connectivity index (χ4n) is 1.60. The molecule has 1 saturated heterocycles. The third-order valence-electron chi connectivity index (χ3n) is 2.55. The molecule has 2 rings (SSSR count). The number of rotatable bonds is 2. The van der Waals surface area contributed by atoms with Gasteiger partial charge in [-0.1, -0.05) is 0 Å². The summed E-state index contributed by atoms with van der Waals surface area (Å²) in [7, 11) is 0. The van der Waals surface area contributed by atoms with Gasteiger partial charge < -0.3 is 14.8 Å². The van der Waals surface area contributed by atoms with Crippen molar-refractivity contribution in [2.75, 3.05) is 18.5 Å². The van der Waals surface area contributed by atoms with Crippen LogP contribution in [0.2, 0.25) is 0 Å². The first-order valence-corrected chi connectivity index (χ1v) is 6.25. The molecule has 0 saturated carbocycles. The number of anilines is 1. The van der Waals surface area contributed by atoms with Crippen LogP contribution in [-0.4, -0.2) is 25.0 Å². The first-order valence-electron chi connectivity index (χ1n) is 5.46. The van der Waals surface area contributed by atoms with E-state index in [9.17, 15) is 4.39 Å². The summed E-state index contributed by atoms with van der Waals surface area (Å²) in [4.78, 5) is 0. The van der Waals surface area contributed by atoms with Gasteiger partial charge in [-0.2, -0.15) is 0 Å². The zero-order valence-electron chi connectivity index (χ0n) is 9.80. The number of hydrogen-bond acceptors (Lipinski definition) is 3. The Morgan fingerprint density at radius 1 is 1.35 bits per heavy atom. The molecule has 0 bridgehead atoms. The number of halogens is 2. The van der Waals surface area contributed by atoms with Crippen molar-refractivity contribution in [3.05, 3.63) is 28.5 Å². The lowest BCUT2D eigenvalue weighted by atomic mass is 10.2. The van der Waals surface area contributed by atoms with Crippen LogP contribution < -0.4 is 5.32 Å². The molecule has 0 unspecified atom stereocenters. The van der Waals surface area contributed by atoms with Crippen molar-refractivity contribution >= 4 is 21.6 Å². The predicted molar refractivity (Wildman–Crippen MR) is 67.5 cm³/mol. The summed E-state index contributed by atoms with van der Waals surface area (Å²) in [5.41, 5.74) is 0.725. The summed E-state index contributed by atoms with van der Waals surface area (Å²) < 4.78 is 24.8. The van der Waals surface area contributed by atoms with Gasteiger partial charge >= 0.3 is 0 Å². The Hall–Kier alpha value is -0.650. The second kappa shape index (κ2) is 4.92. The molecule has 5 heteroatoms. The largest absolute Gasteiger partial charge is 0.378 e. The van der Waals surface area contributed by atoms with Gasteiger partial charge in [0.2, 0.25) is 0 Å². The summed E-state index contributed by atoms with van der Waals surface area (Å²) >= 11 is 3.12. The summed E-state index contributed by atoms with van der Waals surface area (Å²) in [6.07, 6.45) is 0. The van der Waals surface area contributed by atoms with Gasteiger partial charge in [-0.25, -0.2) is 4.39 Å². The molecule has 17 heavy (non-hydrogen) atoms. The van der Waals surface area contributed by atoms with Crippen molar-refractivity contribution in [3.8, 4) is 0 Å². The molecule has 0 spiro atoms. The maximum Gasteiger partial charge on any atom is 0.162 e. The van der Waals surface area contributed by atoms with E-state index < -0.39 is 5.79 Å². The lowest BCUT2D eigenvalue weighted by Gasteiger charge is -2.35. The average molecular weight is 304 g/mol. The van der Waals surface area contributed by atoms with Crippen molar-refractivity contribution in [2.24, 2.45) is 0 Å². The van der Waals surface area contributed by atoms with Crippen molar-refractivity contribution in [2.45, 2.75) is 25.7 Å². The summed E-state index contributed by atoms with van der Waals surface area (Å²) in [6, 6.07) is 4.98. The summed E-state index contributed by atoms with van der Waals surface area (Å²) in [5, 5.41) is 3.18. The first kappa shape index (κ1) is 12.8. The number of nitrogens with one attached hydrogen (secondary N) is 1.